The lowest BCUT2D eigenvalue weighted by molar-refractivity contribution is -0.908. The predicted octanol–water partition coefficient (Wildman–Crippen LogP) is 1.29. The second-order valence-electron chi connectivity index (χ2n) is 4.04. The molecular weight excluding hydrogens is 261 g/mol. The van der Waals surface area contributed by atoms with E-state index < -0.39 is 0 Å². The third kappa shape index (κ3) is 4.03. The molecule has 0 bridgehead atoms. The minimum Gasteiger partial charge on any atom is -0.486 e. The molecule has 0 aromatic heterocycles. The average molecular weight is 277 g/mol. The maximum absolute atomic E-state index is 6.01. The van der Waals surface area contributed by atoms with Gasteiger partial charge in [-0.3, -0.25) is 0 Å². The molecule has 3 nitrogen and oxygen atoms in total. The van der Waals surface area contributed by atoms with Crippen molar-refractivity contribution < 1.29 is 14.4 Å². The fraction of sp³-hybridized carbons (Fsp3) is 0.500. The van der Waals surface area contributed by atoms with Gasteiger partial charge in [0, 0.05) is 11.1 Å². The van der Waals surface area contributed by atoms with Crippen molar-refractivity contribution in [2.75, 3.05) is 39.5 Å². The summed E-state index contributed by atoms with van der Waals surface area (Å²) in [5.74, 6) is 0.659. The summed E-state index contributed by atoms with van der Waals surface area (Å²) in [6.45, 7) is 5.39. The molecule has 0 unspecified atom stereocenters. The fourth-order valence-electron chi connectivity index (χ4n) is 1.80. The minimum atomic E-state index is 0.603. The first-order chi connectivity index (χ1) is 8.25. The molecular formula is C12H16Cl2NO2+. The lowest BCUT2D eigenvalue weighted by Crippen LogP contribution is -3.14. The van der Waals surface area contributed by atoms with Crippen LogP contribution in [-0.4, -0.2) is 39.5 Å². The Bertz CT molecular complexity index is 368. The van der Waals surface area contributed by atoms with Crippen molar-refractivity contribution in [3.8, 4) is 5.75 Å². The molecule has 1 aromatic rings. The van der Waals surface area contributed by atoms with E-state index >= 15 is 0 Å². The highest BCUT2D eigenvalue weighted by Crippen LogP contribution is 2.27. The predicted molar refractivity (Wildman–Crippen MR) is 68.3 cm³/mol. The monoisotopic (exact) mass is 276 g/mol. The summed E-state index contributed by atoms with van der Waals surface area (Å²) in [6, 6.07) is 5.25. The van der Waals surface area contributed by atoms with Crippen molar-refractivity contribution in [2.45, 2.75) is 0 Å². The van der Waals surface area contributed by atoms with Gasteiger partial charge in [0.1, 0.15) is 32.0 Å². The summed E-state index contributed by atoms with van der Waals surface area (Å²) in [5.41, 5.74) is 0. The molecule has 0 spiro atoms. The molecule has 1 fully saturated rings. The van der Waals surface area contributed by atoms with E-state index in [2.05, 4.69) is 0 Å². The zero-order valence-corrected chi connectivity index (χ0v) is 11.1. The van der Waals surface area contributed by atoms with Crippen molar-refractivity contribution in [1.29, 1.82) is 0 Å². The highest BCUT2D eigenvalue weighted by atomic mass is 35.5. The van der Waals surface area contributed by atoms with Gasteiger partial charge in [-0.05, 0) is 12.1 Å². The van der Waals surface area contributed by atoms with Crippen molar-refractivity contribution in [3.05, 3.63) is 28.2 Å². The number of nitrogens with one attached hydrogen (secondary N) is 1. The van der Waals surface area contributed by atoms with Crippen molar-refractivity contribution in [1.82, 2.24) is 0 Å². The van der Waals surface area contributed by atoms with Crippen LogP contribution in [0.1, 0.15) is 0 Å². The third-order valence-electron chi connectivity index (χ3n) is 2.81. The molecule has 0 atom stereocenters. The SMILES string of the molecule is Clc1ccc(Cl)c(OCC[NH+]2CCOCC2)c1. The van der Waals surface area contributed by atoms with Crippen LogP contribution in [0.5, 0.6) is 5.75 Å². The summed E-state index contributed by atoms with van der Waals surface area (Å²) in [6.07, 6.45) is 0. The van der Waals surface area contributed by atoms with Crippen molar-refractivity contribution >= 4 is 23.2 Å². The molecule has 0 aliphatic carbocycles. The first-order valence-electron chi connectivity index (χ1n) is 5.75. The molecule has 17 heavy (non-hydrogen) atoms. The summed E-state index contributed by atoms with van der Waals surface area (Å²) >= 11 is 11.9. The molecule has 2 rings (SSSR count). The molecule has 1 aliphatic rings. The molecule has 0 radical (unpaired) electrons. The fourth-order valence-corrected chi connectivity index (χ4v) is 2.14. The number of rotatable bonds is 4. The van der Waals surface area contributed by atoms with Crippen LogP contribution in [0.4, 0.5) is 0 Å². The second-order valence-corrected chi connectivity index (χ2v) is 4.88. The Morgan fingerprint density at radius 3 is 2.76 bits per heavy atom. The number of ether oxygens (including phenoxy) is 2. The van der Waals surface area contributed by atoms with E-state index in [0.717, 1.165) is 32.8 Å². The van der Waals surface area contributed by atoms with E-state index in [9.17, 15) is 0 Å². The Hall–Kier alpha value is -0.480. The standard InChI is InChI=1S/C12H15Cl2NO2/c13-10-1-2-11(14)12(9-10)17-8-5-15-3-6-16-7-4-15/h1-2,9H,3-8H2/p+1. The average Bonchev–Trinajstić information content (AvgIpc) is 2.35. The molecule has 5 heteroatoms. The number of hydrogen-bond acceptors (Lipinski definition) is 2. The van der Waals surface area contributed by atoms with Gasteiger partial charge in [0.2, 0.25) is 0 Å². The topological polar surface area (TPSA) is 22.9 Å². The lowest BCUT2D eigenvalue weighted by atomic mass is 10.3. The molecule has 0 saturated carbocycles. The molecule has 1 saturated heterocycles. The zero-order valence-electron chi connectivity index (χ0n) is 9.55. The highest BCUT2D eigenvalue weighted by Gasteiger charge is 2.13. The summed E-state index contributed by atoms with van der Waals surface area (Å²) in [4.78, 5) is 1.51. The van der Waals surface area contributed by atoms with Gasteiger partial charge in [0.05, 0.1) is 18.2 Å². The Morgan fingerprint density at radius 2 is 2.00 bits per heavy atom. The largest absolute Gasteiger partial charge is 0.486 e. The van der Waals surface area contributed by atoms with Gasteiger partial charge in [-0.25, -0.2) is 0 Å². The smallest absolute Gasteiger partial charge is 0.139 e. The summed E-state index contributed by atoms with van der Waals surface area (Å²) in [7, 11) is 0. The van der Waals surface area contributed by atoms with Crippen LogP contribution >= 0.6 is 23.2 Å². The van der Waals surface area contributed by atoms with E-state index in [1.807, 2.05) is 0 Å². The lowest BCUT2D eigenvalue weighted by Gasteiger charge is -2.23. The van der Waals surface area contributed by atoms with Crippen LogP contribution < -0.4 is 9.64 Å². The van der Waals surface area contributed by atoms with Gasteiger partial charge in [0.25, 0.3) is 0 Å². The first-order valence-corrected chi connectivity index (χ1v) is 6.50. The van der Waals surface area contributed by atoms with Crippen LogP contribution in [0.25, 0.3) is 0 Å². The molecule has 0 amide bonds. The van der Waals surface area contributed by atoms with Gasteiger partial charge in [-0.2, -0.15) is 0 Å². The normalized spacial score (nSPS) is 17.1. The Balaban J connectivity index is 1.79. The van der Waals surface area contributed by atoms with Gasteiger partial charge in [-0.15, -0.1) is 0 Å². The van der Waals surface area contributed by atoms with E-state index in [4.69, 9.17) is 32.7 Å². The maximum Gasteiger partial charge on any atom is 0.139 e. The number of benzene rings is 1. The molecule has 1 heterocycles. The van der Waals surface area contributed by atoms with Crippen LogP contribution in [0.15, 0.2) is 18.2 Å². The molecule has 94 valence electrons. The second kappa shape index (κ2) is 6.45. The number of hydrogen-bond donors (Lipinski definition) is 1. The third-order valence-corrected chi connectivity index (χ3v) is 3.35. The van der Waals surface area contributed by atoms with E-state index in [1.54, 1.807) is 18.2 Å². The molecule has 1 aromatic carbocycles. The van der Waals surface area contributed by atoms with Crippen LogP contribution in [0.2, 0.25) is 10.0 Å². The quantitative estimate of drug-likeness (QED) is 0.896. The summed E-state index contributed by atoms with van der Waals surface area (Å²) < 4.78 is 10.9. The minimum absolute atomic E-state index is 0.603. The molecule has 1 aliphatic heterocycles. The summed E-state index contributed by atoms with van der Waals surface area (Å²) in [5, 5.41) is 1.24. The van der Waals surface area contributed by atoms with Gasteiger partial charge in [-0.1, -0.05) is 23.2 Å². The van der Waals surface area contributed by atoms with Gasteiger partial charge >= 0.3 is 0 Å². The first kappa shape index (κ1) is 13.0. The van der Waals surface area contributed by atoms with Crippen LogP contribution in [0.3, 0.4) is 0 Å². The zero-order chi connectivity index (χ0) is 12.1. The highest BCUT2D eigenvalue weighted by molar-refractivity contribution is 6.34. The number of halogens is 2. The van der Waals surface area contributed by atoms with E-state index in [-0.39, 0.29) is 0 Å². The maximum atomic E-state index is 6.01. The number of quaternary nitrogens is 1. The van der Waals surface area contributed by atoms with Crippen molar-refractivity contribution in [3.63, 3.8) is 0 Å². The Labute approximate surface area is 111 Å². The van der Waals surface area contributed by atoms with Gasteiger partial charge in [0.15, 0.2) is 0 Å². The number of morpholine rings is 1. The Kier molecular flexibility index (Phi) is 4.92. The van der Waals surface area contributed by atoms with E-state index in [0.29, 0.717) is 22.4 Å². The van der Waals surface area contributed by atoms with Crippen LogP contribution in [0, 0.1) is 0 Å². The Morgan fingerprint density at radius 1 is 1.24 bits per heavy atom. The van der Waals surface area contributed by atoms with Crippen LogP contribution in [-0.2, 0) is 4.74 Å². The van der Waals surface area contributed by atoms with Crippen molar-refractivity contribution in [2.24, 2.45) is 0 Å². The van der Waals surface area contributed by atoms with Gasteiger partial charge < -0.3 is 14.4 Å². The molecule has 1 N–H and O–H groups in total. The van der Waals surface area contributed by atoms with E-state index in [1.165, 1.54) is 4.90 Å².